The molecule has 5 rings (SSSR count). The highest BCUT2D eigenvalue weighted by molar-refractivity contribution is 6.04. The second-order valence-electron chi connectivity index (χ2n) is 7.81. The Morgan fingerprint density at radius 1 is 0.875 bits per heavy atom. The third-order valence-electron chi connectivity index (χ3n) is 5.89. The average molecular weight is 427 g/mol. The number of carbonyl (C=O) groups is 3. The van der Waals surface area contributed by atoms with Crippen LogP contribution in [0.15, 0.2) is 78.9 Å². The predicted molar refractivity (Wildman–Crippen MR) is 118 cm³/mol. The van der Waals surface area contributed by atoms with E-state index in [1.807, 2.05) is 66.7 Å². The summed E-state index contributed by atoms with van der Waals surface area (Å²) in [7, 11) is 0. The fourth-order valence-electron chi connectivity index (χ4n) is 4.39. The van der Waals surface area contributed by atoms with Crippen molar-refractivity contribution in [3.8, 4) is 11.1 Å². The minimum absolute atomic E-state index is 0.0951. The monoisotopic (exact) mass is 427 g/mol. The first-order valence-electron chi connectivity index (χ1n) is 10.4. The van der Waals surface area contributed by atoms with Crippen molar-refractivity contribution in [2.45, 2.75) is 18.4 Å². The van der Waals surface area contributed by atoms with Crippen LogP contribution in [0.1, 0.15) is 22.6 Å². The van der Waals surface area contributed by atoms with Crippen LogP contribution in [-0.2, 0) is 16.0 Å². The number of benzene rings is 3. The molecule has 3 aromatic rings. The second-order valence-corrected chi connectivity index (χ2v) is 7.81. The van der Waals surface area contributed by atoms with Crippen LogP contribution in [0.25, 0.3) is 11.1 Å². The van der Waals surface area contributed by atoms with Gasteiger partial charge in [-0.3, -0.25) is 10.1 Å². The van der Waals surface area contributed by atoms with Crippen LogP contribution >= 0.6 is 0 Å². The highest BCUT2D eigenvalue weighted by Gasteiger charge is 2.40. The van der Waals surface area contributed by atoms with Crippen LogP contribution in [0, 0.1) is 0 Å². The first kappa shape index (κ1) is 19.8. The van der Waals surface area contributed by atoms with Gasteiger partial charge in [-0.15, -0.1) is 0 Å². The maximum absolute atomic E-state index is 12.6. The Bertz CT molecular complexity index is 1150. The molecule has 32 heavy (non-hydrogen) atoms. The molecule has 1 aliphatic carbocycles. The van der Waals surface area contributed by atoms with Gasteiger partial charge in [0.2, 0.25) is 0 Å². The van der Waals surface area contributed by atoms with Crippen molar-refractivity contribution >= 4 is 18.0 Å². The normalized spacial score (nSPS) is 17.0. The fraction of sp³-hybridized carbons (Fsp3) is 0.160. The minimum Gasteiger partial charge on any atom is -0.447 e. The van der Waals surface area contributed by atoms with Crippen LogP contribution in [0.4, 0.5) is 9.59 Å². The number of rotatable bonds is 5. The number of hydrogen-bond acceptors (Lipinski definition) is 4. The van der Waals surface area contributed by atoms with Crippen molar-refractivity contribution in [2.75, 3.05) is 6.61 Å². The molecular formula is C25H21N3O4. The van der Waals surface area contributed by atoms with Crippen LogP contribution in [0.3, 0.4) is 0 Å². The molecular weight excluding hydrogens is 406 g/mol. The van der Waals surface area contributed by atoms with Gasteiger partial charge in [0.15, 0.2) is 0 Å². The molecule has 0 bridgehead atoms. The maximum atomic E-state index is 12.6. The van der Waals surface area contributed by atoms with Gasteiger partial charge in [0.1, 0.15) is 12.6 Å². The molecule has 7 heteroatoms. The number of ether oxygens (including phenoxy) is 1. The third kappa shape index (κ3) is 3.58. The molecule has 0 saturated carbocycles. The number of amides is 4. The molecule has 1 saturated heterocycles. The summed E-state index contributed by atoms with van der Waals surface area (Å²) in [5.74, 6) is -0.555. The smallest absolute Gasteiger partial charge is 0.426 e. The molecule has 0 radical (unpaired) electrons. The SMILES string of the molecule is O=C(NN1C(=O)NC(=O)C1Cc1ccccc1)OCC1c2ccccc2-c2ccccc21. The molecule has 1 fully saturated rings. The zero-order valence-corrected chi connectivity index (χ0v) is 17.2. The number of hydrogen-bond donors (Lipinski definition) is 2. The first-order valence-corrected chi connectivity index (χ1v) is 10.4. The van der Waals surface area contributed by atoms with Gasteiger partial charge in [0.05, 0.1) is 0 Å². The quantitative estimate of drug-likeness (QED) is 0.609. The standard InChI is InChI=1S/C25H21N3O4/c29-23-22(14-16-8-2-1-3-9-16)28(24(30)26-23)27-25(31)32-15-21-19-12-6-4-10-17(19)18-11-5-7-13-20(18)21/h1-13,21-22H,14-15H2,(H,27,31)(H,26,29,30). The Morgan fingerprint density at radius 3 is 2.12 bits per heavy atom. The van der Waals surface area contributed by atoms with Gasteiger partial charge < -0.3 is 4.74 Å². The Balaban J connectivity index is 1.28. The summed E-state index contributed by atoms with van der Waals surface area (Å²) in [5, 5.41) is 3.25. The number of imide groups is 1. The second kappa shape index (κ2) is 8.19. The van der Waals surface area contributed by atoms with Crippen LogP contribution < -0.4 is 10.7 Å². The molecule has 3 aromatic carbocycles. The highest BCUT2D eigenvalue weighted by Crippen LogP contribution is 2.44. The summed E-state index contributed by atoms with van der Waals surface area (Å²) in [4.78, 5) is 37.1. The molecule has 0 spiro atoms. The lowest BCUT2D eigenvalue weighted by Crippen LogP contribution is -2.49. The molecule has 1 atom stereocenters. The third-order valence-corrected chi connectivity index (χ3v) is 5.89. The van der Waals surface area contributed by atoms with Gasteiger partial charge in [-0.2, -0.15) is 0 Å². The first-order chi connectivity index (χ1) is 15.6. The van der Waals surface area contributed by atoms with E-state index in [0.717, 1.165) is 32.8 Å². The van der Waals surface area contributed by atoms with E-state index in [1.165, 1.54) is 0 Å². The van der Waals surface area contributed by atoms with Gasteiger partial charge in [0, 0.05) is 12.3 Å². The van der Waals surface area contributed by atoms with E-state index in [1.54, 1.807) is 0 Å². The number of urea groups is 1. The van der Waals surface area contributed by atoms with E-state index in [0.29, 0.717) is 0 Å². The number of nitrogens with zero attached hydrogens (tertiary/aromatic N) is 1. The zero-order chi connectivity index (χ0) is 22.1. The molecule has 160 valence electrons. The summed E-state index contributed by atoms with van der Waals surface area (Å²) < 4.78 is 5.50. The maximum Gasteiger partial charge on any atom is 0.426 e. The summed E-state index contributed by atoms with van der Waals surface area (Å²) >= 11 is 0. The number of nitrogens with one attached hydrogen (secondary N) is 2. The van der Waals surface area contributed by atoms with Crippen molar-refractivity contribution < 1.29 is 19.1 Å². The number of carbonyl (C=O) groups excluding carboxylic acids is 3. The number of fused-ring (bicyclic) bond motifs is 3. The summed E-state index contributed by atoms with van der Waals surface area (Å²) in [6.07, 6.45) is -0.503. The fourth-order valence-corrected chi connectivity index (χ4v) is 4.39. The molecule has 2 N–H and O–H groups in total. The van der Waals surface area contributed by atoms with Crippen molar-refractivity contribution in [1.29, 1.82) is 0 Å². The topological polar surface area (TPSA) is 87.7 Å². The lowest BCUT2D eigenvalue weighted by molar-refractivity contribution is -0.121. The molecule has 1 unspecified atom stereocenters. The predicted octanol–water partition coefficient (Wildman–Crippen LogP) is 3.60. The van der Waals surface area contributed by atoms with Gasteiger partial charge in [-0.05, 0) is 27.8 Å². The molecule has 1 aliphatic heterocycles. The van der Waals surface area contributed by atoms with E-state index in [4.69, 9.17) is 4.74 Å². The molecule has 7 nitrogen and oxygen atoms in total. The lowest BCUT2D eigenvalue weighted by Gasteiger charge is -2.22. The highest BCUT2D eigenvalue weighted by atomic mass is 16.6. The van der Waals surface area contributed by atoms with Crippen molar-refractivity contribution in [3.63, 3.8) is 0 Å². The lowest BCUT2D eigenvalue weighted by atomic mass is 9.98. The Morgan fingerprint density at radius 2 is 1.47 bits per heavy atom. The largest absolute Gasteiger partial charge is 0.447 e. The van der Waals surface area contributed by atoms with Crippen molar-refractivity contribution in [2.24, 2.45) is 0 Å². The molecule has 4 amide bonds. The molecule has 1 heterocycles. The minimum atomic E-state index is -0.842. The van der Waals surface area contributed by atoms with Gasteiger partial charge in [-0.1, -0.05) is 78.9 Å². The van der Waals surface area contributed by atoms with E-state index in [9.17, 15) is 14.4 Å². The van der Waals surface area contributed by atoms with Crippen molar-refractivity contribution in [1.82, 2.24) is 15.8 Å². The van der Waals surface area contributed by atoms with Crippen LogP contribution in [0.5, 0.6) is 0 Å². The Labute approximate surface area is 185 Å². The van der Waals surface area contributed by atoms with Gasteiger partial charge >= 0.3 is 12.1 Å². The zero-order valence-electron chi connectivity index (χ0n) is 17.2. The Hall–Kier alpha value is -4.13. The van der Waals surface area contributed by atoms with E-state index in [-0.39, 0.29) is 18.9 Å². The van der Waals surface area contributed by atoms with Crippen molar-refractivity contribution in [3.05, 3.63) is 95.6 Å². The Kier molecular flexibility index (Phi) is 5.07. The van der Waals surface area contributed by atoms with Gasteiger partial charge in [-0.25, -0.2) is 20.0 Å². The average Bonchev–Trinajstić information content (AvgIpc) is 3.27. The van der Waals surface area contributed by atoms with Gasteiger partial charge in [0.25, 0.3) is 5.91 Å². The molecule has 2 aliphatic rings. The summed E-state index contributed by atoms with van der Waals surface area (Å²) in [6.45, 7) is 0.118. The summed E-state index contributed by atoms with van der Waals surface area (Å²) in [5.41, 5.74) is 7.77. The van der Waals surface area contributed by atoms with E-state index in [2.05, 4.69) is 22.9 Å². The van der Waals surface area contributed by atoms with Crippen LogP contribution in [-0.4, -0.2) is 35.7 Å². The number of hydrazine groups is 1. The van der Waals surface area contributed by atoms with Crippen LogP contribution in [0.2, 0.25) is 0 Å². The molecule has 0 aromatic heterocycles. The summed E-state index contributed by atoms with van der Waals surface area (Å²) in [6, 6.07) is 23.9. The van der Waals surface area contributed by atoms with E-state index < -0.39 is 24.1 Å². The van der Waals surface area contributed by atoms with E-state index >= 15 is 0 Å².